The van der Waals surface area contributed by atoms with E-state index >= 15 is 4.39 Å². The van der Waals surface area contributed by atoms with Crippen LogP contribution in [-0.4, -0.2) is 46.4 Å². The molecule has 6 heteroatoms. The highest BCUT2D eigenvalue weighted by atomic mass is 19.1. The lowest BCUT2D eigenvalue weighted by Gasteiger charge is -2.55. The van der Waals surface area contributed by atoms with Crippen LogP contribution in [0, 0.1) is 28.6 Å². The van der Waals surface area contributed by atoms with E-state index in [0.29, 0.717) is 24.0 Å². The lowest BCUT2D eigenvalue weighted by atomic mass is 9.51. The van der Waals surface area contributed by atoms with E-state index in [9.17, 15) is 19.8 Å². The molecular formula is C29H33FO5. The molecule has 5 nitrogen and oxygen atoms in total. The number of carbonyl (C=O) groups excluding carboxylic acids is 2. The zero-order valence-corrected chi connectivity index (χ0v) is 20.4. The van der Waals surface area contributed by atoms with Gasteiger partial charge in [0, 0.05) is 10.8 Å². The van der Waals surface area contributed by atoms with Crippen LogP contribution in [0.4, 0.5) is 4.39 Å². The molecule has 2 N–H and O–H groups in total. The zero-order chi connectivity index (χ0) is 25.2. The van der Waals surface area contributed by atoms with Crippen LogP contribution in [0.25, 0.3) is 0 Å². The molecule has 0 saturated heterocycles. The molecule has 0 amide bonds. The minimum Gasteiger partial charge on any atom is -0.459 e. The average Bonchev–Trinajstić information content (AvgIpc) is 3.06. The molecule has 1 aromatic carbocycles. The Labute approximate surface area is 205 Å². The predicted molar refractivity (Wildman–Crippen MR) is 129 cm³/mol. The number of aliphatic hydroxyl groups excluding tert-OH is 1. The van der Waals surface area contributed by atoms with E-state index in [-0.39, 0.29) is 36.6 Å². The number of benzene rings is 1. The van der Waals surface area contributed by atoms with Gasteiger partial charge in [-0.3, -0.25) is 4.79 Å². The summed E-state index contributed by atoms with van der Waals surface area (Å²) in [7, 11) is 0. The molecular weight excluding hydrogens is 447 g/mol. The maximum Gasteiger partial charge on any atom is 0.338 e. The van der Waals surface area contributed by atoms with Gasteiger partial charge in [-0.1, -0.05) is 49.8 Å². The number of allylic oxidation sites excluding steroid dienone is 6. The maximum atomic E-state index is 15.5. The van der Waals surface area contributed by atoms with Crippen molar-refractivity contribution in [1.29, 1.82) is 0 Å². The van der Waals surface area contributed by atoms with E-state index in [2.05, 4.69) is 6.08 Å². The van der Waals surface area contributed by atoms with Gasteiger partial charge in [-0.25, -0.2) is 9.18 Å². The first-order valence-corrected chi connectivity index (χ1v) is 12.4. The minimum absolute atomic E-state index is 0.0513. The summed E-state index contributed by atoms with van der Waals surface area (Å²) in [6, 6.07) is 8.54. The maximum absolute atomic E-state index is 15.5. The Morgan fingerprint density at radius 3 is 2.63 bits per heavy atom. The smallest absolute Gasteiger partial charge is 0.338 e. The number of esters is 1. The summed E-state index contributed by atoms with van der Waals surface area (Å²) in [5.41, 5.74) is -0.864. The summed E-state index contributed by atoms with van der Waals surface area (Å²) in [5, 5.41) is 23.2. The SMILES string of the molecule is C[C@@H]1C[C@@H]2[C@@H]3C[C@H](F)C4=CC(=O)C=C[C@]4(C)C3=CC[C@]2(C)[C@@]1(O)[C@H](O)COC(=O)c1ccccc1. The van der Waals surface area contributed by atoms with Crippen LogP contribution in [0.1, 0.15) is 50.4 Å². The first-order valence-electron chi connectivity index (χ1n) is 12.4. The fraction of sp³-hybridized carbons (Fsp3) is 0.517. The van der Waals surface area contributed by atoms with Crippen molar-refractivity contribution in [3.63, 3.8) is 0 Å². The number of rotatable bonds is 4. The molecule has 4 aliphatic carbocycles. The van der Waals surface area contributed by atoms with Crippen molar-refractivity contribution in [3.8, 4) is 0 Å². The van der Waals surface area contributed by atoms with Gasteiger partial charge < -0.3 is 14.9 Å². The largest absolute Gasteiger partial charge is 0.459 e. The quantitative estimate of drug-likeness (QED) is 0.494. The molecule has 0 unspecified atom stereocenters. The Bertz CT molecular complexity index is 1140. The summed E-state index contributed by atoms with van der Waals surface area (Å²) in [6.07, 6.45) is 5.75. The third-order valence-electron chi connectivity index (χ3n) is 9.49. The fourth-order valence-electron chi connectivity index (χ4n) is 7.56. The second kappa shape index (κ2) is 8.24. The van der Waals surface area contributed by atoms with Gasteiger partial charge in [0.2, 0.25) is 0 Å². The molecule has 0 radical (unpaired) electrons. The highest BCUT2D eigenvalue weighted by Gasteiger charge is 2.67. The van der Waals surface area contributed by atoms with Gasteiger partial charge in [0.15, 0.2) is 5.78 Å². The topological polar surface area (TPSA) is 83.8 Å². The molecule has 0 spiro atoms. The van der Waals surface area contributed by atoms with E-state index in [0.717, 1.165) is 5.57 Å². The number of hydrogen-bond donors (Lipinski definition) is 2. The van der Waals surface area contributed by atoms with Gasteiger partial charge in [0.1, 0.15) is 24.5 Å². The molecule has 0 aromatic heterocycles. The van der Waals surface area contributed by atoms with Crippen LogP contribution in [-0.2, 0) is 9.53 Å². The number of halogens is 1. The summed E-state index contributed by atoms with van der Waals surface area (Å²) >= 11 is 0. The van der Waals surface area contributed by atoms with Gasteiger partial charge in [-0.15, -0.1) is 0 Å². The van der Waals surface area contributed by atoms with Crippen LogP contribution >= 0.6 is 0 Å². The zero-order valence-electron chi connectivity index (χ0n) is 20.4. The van der Waals surface area contributed by atoms with Crippen molar-refractivity contribution >= 4 is 11.8 Å². The molecule has 2 saturated carbocycles. The third-order valence-corrected chi connectivity index (χ3v) is 9.49. The molecule has 4 aliphatic rings. The molecule has 0 bridgehead atoms. The minimum atomic E-state index is -1.50. The van der Waals surface area contributed by atoms with Crippen molar-refractivity contribution < 1.29 is 28.9 Å². The van der Waals surface area contributed by atoms with E-state index in [1.54, 1.807) is 30.3 Å². The lowest BCUT2D eigenvalue weighted by Crippen LogP contribution is -2.60. The standard InChI is InChI=1S/C29H33FO5/c1-17-13-22-20-15-24(30)23-14-19(31)9-11-27(23,2)21(20)10-12-28(22,3)29(17,34)25(32)16-35-26(33)18-7-5-4-6-8-18/h4-11,14,17,20,22,24-25,32,34H,12-13,15-16H2,1-3H3/t17-,20-,22-,24+,25-,27-,28+,29+/m1/s1. The third kappa shape index (κ3) is 3.40. The number of aliphatic hydroxyl groups is 2. The molecule has 186 valence electrons. The Morgan fingerprint density at radius 2 is 1.91 bits per heavy atom. The lowest BCUT2D eigenvalue weighted by molar-refractivity contribution is -0.181. The molecule has 35 heavy (non-hydrogen) atoms. The summed E-state index contributed by atoms with van der Waals surface area (Å²) in [4.78, 5) is 24.4. The fourth-order valence-corrected chi connectivity index (χ4v) is 7.56. The Hall–Kier alpha value is -2.57. The Morgan fingerprint density at radius 1 is 1.20 bits per heavy atom. The van der Waals surface area contributed by atoms with Gasteiger partial charge in [-0.05, 0) is 73.8 Å². The second-order valence-corrected chi connectivity index (χ2v) is 11.2. The molecule has 1 aromatic rings. The van der Waals surface area contributed by atoms with Crippen LogP contribution in [0.3, 0.4) is 0 Å². The number of ketones is 1. The number of fused-ring (bicyclic) bond motifs is 5. The van der Waals surface area contributed by atoms with Crippen molar-refractivity contribution in [2.45, 2.75) is 57.9 Å². The van der Waals surface area contributed by atoms with E-state index in [1.807, 2.05) is 26.8 Å². The number of alkyl halides is 1. The average molecular weight is 481 g/mol. The van der Waals surface area contributed by atoms with Crippen molar-refractivity contribution in [2.24, 2.45) is 28.6 Å². The first kappa shape index (κ1) is 24.1. The van der Waals surface area contributed by atoms with E-state index in [1.165, 1.54) is 12.2 Å². The van der Waals surface area contributed by atoms with Gasteiger partial charge >= 0.3 is 5.97 Å². The summed E-state index contributed by atoms with van der Waals surface area (Å²) in [6.45, 7) is 5.53. The Balaban J connectivity index is 1.43. The normalized spacial score (nSPS) is 40.7. The monoisotopic (exact) mass is 480 g/mol. The van der Waals surface area contributed by atoms with Crippen molar-refractivity contribution in [3.05, 3.63) is 71.3 Å². The highest BCUT2D eigenvalue weighted by Crippen LogP contribution is 2.67. The second-order valence-electron chi connectivity index (χ2n) is 11.2. The predicted octanol–water partition coefficient (Wildman–Crippen LogP) is 4.36. The van der Waals surface area contributed by atoms with Crippen LogP contribution < -0.4 is 0 Å². The highest BCUT2D eigenvalue weighted by molar-refractivity contribution is 6.01. The van der Waals surface area contributed by atoms with Crippen molar-refractivity contribution in [2.75, 3.05) is 6.61 Å². The molecule has 5 rings (SSSR count). The number of hydrogen-bond acceptors (Lipinski definition) is 5. The molecule has 8 atom stereocenters. The molecule has 0 aliphatic heterocycles. The van der Waals surface area contributed by atoms with Gasteiger partial charge in [0.25, 0.3) is 0 Å². The molecule has 2 fully saturated rings. The summed E-state index contributed by atoms with van der Waals surface area (Å²) < 4.78 is 20.8. The first-order chi connectivity index (χ1) is 16.5. The number of carbonyl (C=O) groups is 2. The van der Waals surface area contributed by atoms with Crippen LogP contribution in [0.15, 0.2) is 65.8 Å². The van der Waals surface area contributed by atoms with Crippen LogP contribution in [0.2, 0.25) is 0 Å². The van der Waals surface area contributed by atoms with E-state index in [4.69, 9.17) is 4.74 Å². The van der Waals surface area contributed by atoms with Gasteiger partial charge in [-0.2, -0.15) is 0 Å². The van der Waals surface area contributed by atoms with Crippen molar-refractivity contribution in [1.82, 2.24) is 0 Å². The van der Waals surface area contributed by atoms with E-state index < -0.39 is 34.7 Å². The number of ether oxygens (including phenoxy) is 1. The van der Waals surface area contributed by atoms with Crippen LogP contribution in [0.5, 0.6) is 0 Å². The summed E-state index contributed by atoms with van der Waals surface area (Å²) in [5.74, 6) is -1.17. The molecule has 0 heterocycles. The Kier molecular flexibility index (Phi) is 5.68. The van der Waals surface area contributed by atoms with Gasteiger partial charge in [0.05, 0.1) is 5.56 Å².